The third-order valence-electron chi connectivity index (χ3n) is 2.19. The summed E-state index contributed by atoms with van der Waals surface area (Å²) in [6.45, 7) is 4.24. The van der Waals surface area contributed by atoms with Crippen molar-refractivity contribution in [1.29, 1.82) is 0 Å². The first-order valence-corrected chi connectivity index (χ1v) is 5.07. The van der Waals surface area contributed by atoms with Gasteiger partial charge in [0.25, 0.3) is 0 Å². The molecule has 78 valence electrons. The Balaban J connectivity index is 2.38. The van der Waals surface area contributed by atoms with Crippen LogP contribution in [-0.4, -0.2) is 13.1 Å². The van der Waals surface area contributed by atoms with Crippen LogP contribution in [0.1, 0.15) is 26.0 Å². The zero-order valence-corrected chi connectivity index (χ0v) is 9.21. The molecule has 2 nitrogen and oxygen atoms in total. The molecule has 0 amide bonds. The SMILES string of the molecule is CNC(C=C(C)C)CCc1ccco1. The maximum absolute atomic E-state index is 5.28. The molecule has 0 aromatic carbocycles. The van der Waals surface area contributed by atoms with Crippen molar-refractivity contribution < 1.29 is 4.42 Å². The highest BCUT2D eigenvalue weighted by molar-refractivity contribution is 5.03. The van der Waals surface area contributed by atoms with E-state index in [1.807, 2.05) is 19.2 Å². The predicted molar refractivity (Wildman–Crippen MR) is 59.3 cm³/mol. The van der Waals surface area contributed by atoms with E-state index in [1.54, 1.807) is 6.26 Å². The van der Waals surface area contributed by atoms with Crippen molar-refractivity contribution in [2.75, 3.05) is 7.05 Å². The number of hydrogen-bond acceptors (Lipinski definition) is 2. The summed E-state index contributed by atoms with van der Waals surface area (Å²) < 4.78 is 5.28. The molecular weight excluding hydrogens is 174 g/mol. The molecule has 0 saturated heterocycles. The van der Waals surface area contributed by atoms with E-state index in [-0.39, 0.29) is 0 Å². The van der Waals surface area contributed by atoms with Crippen molar-refractivity contribution in [3.63, 3.8) is 0 Å². The van der Waals surface area contributed by atoms with Crippen molar-refractivity contribution in [3.05, 3.63) is 35.8 Å². The molecule has 0 radical (unpaired) electrons. The van der Waals surface area contributed by atoms with E-state index in [9.17, 15) is 0 Å². The first-order chi connectivity index (χ1) is 6.72. The summed E-state index contributed by atoms with van der Waals surface area (Å²) in [7, 11) is 1.99. The van der Waals surface area contributed by atoms with Gasteiger partial charge in [0.2, 0.25) is 0 Å². The molecule has 0 saturated carbocycles. The van der Waals surface area contributed by atoms with E-state index in [0.717, 1.165) is 18.6 Å². The molecule has 0 aliphatic heterocycles. The van der Waals surface area contributed by atoms with Gasteiger partial charge in [-0.25, -0.2) is 0 Å². The number of likely N-dealkylation sites (N-methyl/N-ethyl adjacent to an activating group) is 1. The van der Waals surface area contributed by atoms with Gasteiger partial charge in [-0.15, -0.1) is 0 Å². The van der Waals surface area contributed by atoms with Gasteiger partial charge in [-0.2, -0.15) is 0 Å². The fourth-order valence-electron chi connectivity index (χ4n) is 1.47. The first-order valence-electron chi connectivity index (χ1n) is 5.07. The zero-order valence-electron chi connectivity index (χ0n) is 9.21. The van der Waals surface area contributed by atoms with E-state index in [0.29, 0.717) is 6.04 Å². The molecule has 1 rings (SSSR count). The van der Waals surface area contributed by atoms with Crippen LogP contribution in [0.4, 0.5) is 0 Å². The molecule has 0 spiro atoms. The molecule has 1 aromatic heterocycles. The minimum atomic E-state index is 0.449. The second-order valence-electron chi connectivity index (χ2n) is 3.76. The normalized spacial score (nSPS) is 12.5. The van der Waals surface area contributed by atoms with E-state index in [1.165, 1.54) is 5.57 Å². The third-order valence-corrected chi connectivity index (χ3v) is 2.19. The Morgan fingerprint density at radius 2 is 2.36 bits per heavy atom. The lowest BCUT2D eigenvalue weighted by molar-refractivity contribution is 0.485. The lowest BCUT2D eigenvalue weighted by Gasteiger charge is -2.11. The van der Waals surface area contributed by atoms with Crippen LogP contribution >= 0.6 is 0 Å². The van der Waals surface area contributed by atoms with Gasteiger partial charge < -0.3 is 9.73 Å². The highest BCUT2D eigenvalue weighted by atomic mass is 16.3. The number of rotatable bonds is 5. The average molecular weight is 193 g/mol. The average Bonchev–Trinajstić information content (AvgIpc) is 2.64. The van der Waals surface area contributed by atoms with Gasteiger partial charge in [0.1, 0.15) is 5.76 Å². The number of nitrogens with one attached hydrogen (secondary N) is 1. The maximum atomic E-state index is 5.28. The van der Waals surface area contributed by atoms with E-state index in [4.69, 9.17) is 4.42 Å². The van der Waals surface area contributed by atoms with Gasteiger partial charge in [0.15, 0.2) is 0 Å². The summed E-state index contributed by atoms with van der Waals surface area (Å²) in [6.07, 6.45) is 6.05. The Kier molecular flexibility index (Phi) is 4.47. The van der Waals surface area contributed by atoms with Crippen molar-refractivity contribution >= 4 is 0 Å². The molecule has 0 aliphatic carbocycles. The van der Waals surface area contributed by atoms with Crippen LogP contribution in [0.3, 0.4) is 0 Å². The predicted octanol–water partition coefficient (Wildman–Crippen LogP) is 2.77. The summed E-state index contributed by atoms with van der Waals surface area (Å²) >= 11 is 0. The zero-order chi connectivity index (χ0) is 10.4. The Hall–Kier alpha value is -1.02. The van der Waals surface area contributed by atoms with Crippen LogP contribution in [0.2, 0.25) is 0 Å². The van der Waals surface area contributed by atoms with Gasteiger partial charge in [-0.05, 0) is 39.4 Å². The highest BCUT2D eigenvalue weighted by Crippen LogP contribution is 2.07. The van der Waals surface area contributed by atoms with Crippen LogP contribution in [0, 0.1) is 0 Å². The molecule has 1 aromatic rings. The van der Waals surface area contributed by atoms with Crippen LogP contribution in [0.25, 0.3) is 0 Å². The van der Waals surface area contributed by atoms with Crippen LogP contribution < -0.4 is 5.32 Å². The van der Waals surface area contributed by atoms with Gasteiger partial charge in [-0.1, -0.05) is 11.6 Å². The topological polar surface area (TPSA) is 25.2 Å². The molecule has 1 atom stereocenters. The molecule has 0 aliphatic rings. The number of furan rings is 1. The molecule has 1 heterocycles. The Morgan fingerprint density at radius 3 is 2.86 bits per heavy atom. The van der Waals surface area contributed by atoms with Crippen LogP contribution in [0.15, 0.2) is 34.5 Å². The number of aryl methyl sites for hydroxylation is 1. The summed E-state index contributed by atoms with van der Waals surface area (Å²) in [5, 5.41) is 3.28. The lowest BCUT2D eigenvalue weighted by Crippen LogP contribution is -2.23. The molecule has 0 fully saturated rings. The molecule has 1 unspecified atom stereocenters. The Bertz CT molecular complexity index is 271. The van der Waals surface area contributed by atoms with Gasteiger partial charge in [-0.3, -0.25) is 0 Å². The molecule has 0 bridgehead atoms. The minimum Gasteiger partial charge on any atom is -0.469 e. The maximum Gasteiger partial charge on any atom is 0.103 e. The molecule has 1 N–H and O–H groups in total. The first kappa shape index (κ1) is 11.1. The monoisotopic (exact) mass is 193 g/mol. The fraction of sp³-hybridized carbons (Fsp3) is 0.500. The molecule has 2 heteroatoms. The number of hydrogen-bond donors (Lipinski definition) is 1. The fourth-order valence-corrected chi connectivity index (χ4v) is 1.47. The van der Waals surface area contributed by atoms with Crippen molar-refractivity contribution in [2.24, 2.45) is 0 Å². The minimum absolute atomic E-state index is 0.449. The second kappa shape index (κ2) is 5.66. The van der Waals surface area contributed by atoms with E-state index < -0.39 is 0 Å². The van der Waals surface area contributed by atoms with Gasteiger partial charge >= 0.3 is 0 Å². The van der Waals surface area contributed by atoms with E-state index in [2.05, 4.69) is 25.2 Å². The van der Waals surface area contributed by atoms with Crippen molar-refractivity contribution in [1.82, 2.24) is 5.32 Å². The Morgan fingerprint density at radius 1 is 1.57 bits per heavy atom. The van der Waals surface area contributed by atoms with Crippen molar-refractivity contribution in [3.8, 4) is 0 Å². The lowest BCUT2D eigenvalue weighted by atomic mass is 10.1. The highest BCUT2D eigenvalue weighted by Gasteiger charge is 2.03. The van der Waals surface area contributed by atoms with Crippen LogP contribution in [0.5, 0.6) is 0 Å². The largest absolute Gasteiger partial charge is 0.469 e. The molecular formula is C12H19NO. The second-order valence-corrected chi connectivity index (χ2v) is 3.76. The number of allylic oxidation sites excluding steroid dienone is 1. The summed E-state index contributed by atoms with van der Waals surface area (Å²) in [6, 6.07) is 4.41. The van der Waals surface area contributed by atoms with E-state index >= 15 is 0 Å². The van der Waals surface area contributed by atoms with Gasteiger partial charge in [0, 0.05) is 12.5 Å². The summed E-state index contributed by atoms with van der Waals surface area (Å²) in [4.78, 5) is 0. The Labute approximate surface area is 86.0 Å². The van der Waals surface area contributed by atoms with Gasteiger partial charge in [0.05, 0.1) is 6.26 Å². The quantitative estimate of drug-likeness (QED) is 0.727. The van der Waals surface area contributed by atoms with Crippen LogP contribution in [-0.2, 0) is 6.42 Å². The third kappa shape index (κ3) is 3.79. The smallest absolute Gasteiger partial charge is 0.103 e. The molecule has 14 heavy (non-hydrogen) atoms. The summed E-state index contributed by atoms with van der Waals surface area (Å²) in [5.74, 6) is 1.06. The summed E-state index contributed by atoms with van der Waals surface area (Å²) in [5.41, 5.74) is 1.35. The standard InChI is InChI=1S/C12H19NO/c1-10(2)9-11(13-3)6-7-12-5-4-8-14-12/h4-5,8-9,11,13H,6-7H2,1-3H3. The van der Waals surface area contributed by atoms with Crippen molar-refractivity contribution in [2.45, 2.75) is 32.7 Å².